The maximum Gasteiger partial charge on any atom is 0.321 e. The second kappa shape index (κ2) is 8.05. The summed E-state index contributed by atoms with van der Waals surface area (Å²) in [6.45, 7) is 9.81. The number of urea groups is 1. The van der Waals surface area contributed by atoms with Gasteiger partial charge in [0.15, 0.2) is 0 Å². The van der Waals surface area contributed by atoms with Crippen LogP contribution in [-0.2, 0) is 4.79 Å². The molecule has 6 heteroatoms. The monoisotopic (exact) mass is 256 g/mol. The van der Waals surface area contributed by atoms with E-state index in [0.29, 0.717) is 13.1 Å². The Balaban J connectivity index is 2.18. The quantitative estimate of drug-likeness (QED) is 0.718. The third-order valence-electron chi connectivity index (χ3n) is 3.07. The summed E-state index contributed by atoms with van der Waals surface area (Å²) in [5.41, 5.74) is 0. The number of nitrogens with one attached hydrogen (secondary N) is 2. The van der Waals surface area contributed by atoms with E-state index in [1.807, 2.05) is 6.92 Å². The number of carbonyl (C=O) groups excluding carboxylic acids is 2. The second-order valence-electron chi connectivity index (χ2n) is 4.51. The molecule has 1 fully saturated rings. The molecular weight excluding hydrogens is 232 g/mol. The Labute approximate surface area is 109 Å². The van der Waals surface area contributed by atoms with Crippen LogP contribution in [0.3, 0.4) is 0 Å². The molecule has 18 heavy (non-hydrogen) atoms. The molecule has 0 saturated carbocycles. The summed E-state index contributed by atoms with van der Waals surface area (Å²) in [5, 5.41) is 4.96. The summed E-state index contributed by atoms with van der Waals surface area (Å²) in [4.78, 5) is 27.3. The first kappa shape index (κ1) is 14.9. The van der Waals surface area contributed by atoms with Gasteiger partial charge in [0, 0.05) is 32.7 Å². The maximum absolute atomic E-state index is 11.6. The summed E-state index contributed by atoms with van der Waals surface area (Å²) >= 11 is 0. The van der Waals surface area contributed by atoms with Crippen molar-refractivity contribution in [1.29, 1.82) is 0 Å². The third-order valence-corrected chi connectivity index (χ3v) is 3.07. The van der Waals surface area contributed by atoms with Crippen LogP contribution in [0.4, 0.5) is 4.79 Å². The van der Waals surface area contributed by atoms with Crippen molar-refractivity contribution >= 4 is 11.9 Å². The van der Waals surface area contributed by atoms with Crippen molar-refractivity contribution in [2.24, 2.45) is 0 Å². The van der Waals surface area contributed by atoms with E-state index >= 15 is 0 Å². The fourth-order valence-corrected chi connectivity index (χ4v) is 1.92. The SMILES string of the molecule is CCCNC(=O)NC(=O)CN1CCN(CC)CC1. The van der Waals surface area contributed by atoms with Gasteiger partial charge in [0.05, 0.1) is 6.54 Å². The van der Waals surface area contributed by atoms with Gasteiger partial charge in [-0.15, -0.1) is 0 Å². The van der Waals surface area contributed by atoms with Crippen LogP contribution in [0.1, 0.15) is 20.3 Å². The van der Waals surface area contributed by atoms with E-state index < -0.39 is 6.03 Å². The summed E-state index contributed by atoms with van der Waals surface area (Å²) in [6, 6.07) is -0.394. The number of imide groups is 1. The van der Waals surface area contributed by atoms with Gasteiger partial charge in [0.25, 0.3) is 0 Å². The molecular formula is C12H24N4O2. The Hall–Kier alpha value is -1.14. The standard InChI is InChI=1S/C12H24N4O2/c1-3-5-13-12(18)14-11(17)10-16-8-6-15(4-2)7-9-16/h3-10H2,1-2H3,(H2,13,14,17,18). The van der Waals surface area contributed by atoms with Crippen molar-refractivity contribution in [3.05, 3.63) is 0 Å². The predicted molar refractivity (Wildman–Crippen MR) is 70.4 cm³/mol. The molecule has 0 atom stereocenters. The molecule has 0 radical (unpaired) electrons. The van der Waals surface area contributed by atoms with Crippen LogP contribution < -0.4 is 10.6 Å². The number of amides is 3. The number of rotatable bonds is 5. The fourth-order valence-electron chi connectivity index (χ4n) is 1.92. The van der Waals surface area contributed by atoms with E-state index in [0.717, 1.165) is 39.1 Å². The lowest BCUT2D eigenvalue weighted by atomic mass is 10.3. The van der Waals surface area contributed by atoms with Crippen LogP contribution in [-0.4, -0.2) is 67.6 Å². The van der Waals surface area contributed by atoms with E-state index in [-0.39, 0.29) is 5.91 Å². The van der Waals surface area contributed by atoms with Crippen molar-refractivity contribution < 1.29 is 9.59 Å². The van der Waals surface area contributed by atoms with Crippen LogP contribution in [0.2, 0.25) is 0 Å². The van der Waals surface area contributed by atoms with Gasteiger partial charge < -0.3 is 10.2 Å². The molecule has 1 saturated heterocycles. The highest BCUT2D eigenvalue weighted by Gasteiger charge is 2.18. The summed E-state index contributed by atoms with van der Waals surface area (Å²) in [6.07, 6.45) is 0.862. The molecule has 1 aliphatic heterocycles. The lowest BCUT2D eigenvalue weighted by Crippen LogP contribution is -2.50. The molecule has 0 unspecified atom stereocenters. The number of hydrogen-bond acceptors (Lipinski definition) is 4. The van der Waals surface area contributed by atoms with Crippen molar-refractivity contribution in [1.82, 2.24) is 20.4 Å². The Morgan fingerprint density at radius 2 is 1.67 bits per heavy atom. The number of carbonyl (C=O) groups is 2. The van der Waals surface area contributed by atoms with Crippen LogP contribution in [0.25, 0.3) is 0 Å². The second-order valence-corrected chi connectivity index (χ2v) is 4.51. The van der Waals surface area contributed by atoms with Gasteiger partial charge in [0.2, 0.25) is 5.91 Å². The smallest absolute Gasteiger partial charge is 0.321 e. The van der Waals surface area contributed by atoms with Gasteiger partial charge in [-0.25, -0.2) is 4.79 Å². The lowest BCUT2D eigenvalue weighted by Gasteiger charge is -2.33. The fraction of sp³-hybridized carbons (Fsp3) is 0.833. The van der Waals surface area contributed by atoms with Gasteiger partial charge in [-0.05, 0) is 13.0 Å². The molecule has 104 valence electrons. The molecule has 1 aliphatic rings. The van der Waals surface area contributed by atoms with Gasteiger partial charge in [-0.1, -0.05) is 13.8 Å². The molecule has 3 amide bonds. The van der Waals surface area contributed by atoms with Gasteiger partial charge >= 0.3 is 6.03 Å². The molecule has 0 aromatic heterocycles. The van der Waals surface area contributed by atoms with E-state index in [2.05, 4.69) is 27.4 Å². The zero-order chi connectivity index (χ0) is 13.4. The third kappa shape index (κ3) is 5.46. The van der Waals surface area contributed by atoms with Gasteiger partial charge in [0.1, 0.15) is 0 Å². The number of piperazine rings is 1. The van der Waals surface area contributed by atoms with Crippen LogP contribution in [0.15, 0.2) is 0 Å². The highest BCUT2D eigenvalue weighted by Crippen LogP contribution is 2.00. The minimum absolute atomic E-state index is 0.228. The molecule has 0 spiro atoms. The Kier molecular flexibility index (Phi) is 6.67. The first-order valence-corrected chi connectivity index (χ1v) is 6.68. The highest BCUT2D eigenvalue weighted by atomic mass is 16.2. The lowest BCUT2D eigenvalue weighted by molar-refractivity contribution is -0.121. The Morgan fingerprint density at radius 1 is 1.06 bits per heavy atom. The van der Waals surface area contributed by atoms with Gasteiger partial charge in [-0.2, -0.15) is 0 Å². The minimum atomic E-state index is -0.394. The van der Waals surface area contributed by atoms with E-state index in [9.17, 15) is 9.59 Å². The topological polar surface area (TPSA) is 64.7 Å². The minimum Gasteiger partial charge on any atom is -0.338 e. The zero-order valence-electron chi connectivity index (χ0n) is 11.4. The summed E-state index contributed by atoms with van der Waals surface area (Å²) < 4.78 is 0. The van der Waals surface area contributed by atoms with Crippen molar-refractivity contribution in [2.75, 3.05) is 45.8 Å². The number of hydrogen-bond donors (Lipinski definition) is 2. The Bertz CT molecular complexity index is 275. The molecule has 0 bridgehead atoms. The predicted octanol–water partition coefficient (Wildman–Crippen LogP) is -0.140. The molecule has 6 nitrogen and oxygen atoms in total. The average molecular weight is 256 g/mol. The largest absolute Gasteiger partial charge is 0.338 e. The van der Waals surface area contributed by atoms with Crippen molar-refractivity contribution in [2.45, 2.75) is 20.3 Å². The van der Waals surface area contributed by atoms with Crippen molar-refractivity contribution in [3.8, 4) is 0 Å². The molecule has 2 N–H and O–H groups in total. The molecule has 1 rings (SSSR count). The van der Waals surface area contributed by atoms with E-state index in [4.69, 9.17) is 0 Å². The van der Waals surface area contributed by atoms with Crippen molar-refractivity contribution in [3.63, 3.8) is 0 Å². The Morgan fingerprint density at radius 3 is 2.22 bits per heavy atom. The van der Waals surface area contributed by atoms with E-state index in [1.165, 1.54) is 0 Å². The summed E-state index contributed by atoms with van der Waals surface area (Å²) in [7, 11) is 0. The maximum atomic E-state index is 11.6. The molecule has 0 aromatic carbocycles. The van der Waals surface area contributed by atoms with Crippen LogP contribution in [0, 0.1) is 0 Å². The normalized spacial score (nSPS) is 17.4. The molecule has 1 heterocycles. The molecule has 0 aromatic rings. The van der Waals surface area contributed by atoms with Crippen LogP contribution in [0.5, 0.6) is 0 Å². The first-order valence-electron chi connectivity index (χ1n) is 6.68. The number of likely N-dealkylation sites (N-methyl/N-ethyl adjacent to an activating group) is 1. The average Bonchev–Trinajstić information content (AvgIpc) is 2.37. The van der Waals surface area contributed by atoms with E-state index in [1.54, 1.807) is 0 Å². The van der Waals surface area contributed by atoms with Gasteiger partial charge in [-0.3, -0.25) is 15.0 Å². The highest BCUT2D eigenvalue weighted by molar-refractivity contribution is 5.95. The molecule has 0 aliphatic carbocycles. The summed E-state index contributed by atoms with van der Waals surface area (Å²) in [5.74, 6) is -0.228. The number of nitrogens with zero attached hydrogens (tertiary/aromatic N) is 2. The van der Waals surface area contributed by atoms with Crippen LogP contribution >= 0.6 is 0 Å². The first-order chi connectivity index (χ1) is 8.65. The zero-order valence-corrected chi connectivity index (χ0v) is 11.4.